The topological polar surface area (TPSA) is 81.5 Å². The molecule has 0 atom stereocenters. The molecule has 1 aromatic heterocycles. The fourth-order valence-corrected chi connectivity index (χ4v) is 1.30. The van der Waals surface area contributed by atoms with Crippen LogP contribution in [-0.2, 0) is 0 Å². The molecule has 1 aromatic carbocycles. The van der Waals surface area contributed by atoms with E-state index in [0.717, 1.165) is 0 Å². The number of hydrogen-bond acceptors (Lipinski definition) is 5. The number of anilines is 1. The molecule has 15 heavy (non-hydrogen) atoms. The van der Waals surface area contributed by atoms with E-state index in [0.29, 0.717) is 22.8 Å². The van der Waals surface area contributed by atoms with Crippen LogP contribution in [0.5, 0.6) is 11.5 Å². The number of phenolic OH excluding ortho intramolecular Hbond substituents is 1. The molecule has 0 radical (unpaired) electrons. The first-order chi connectivity index (χ1) is 7.22. The number of aromatic nitrogens is 1. The second-order valence-electron chi connectivity index (χ2n) is 3.00. The van der Waals surface area contributed by atoms with Crippen LogP contribution in [0, 0.1) is 0 Å². The Morgan fingerprint density at radius 2 is 2.27 bits per heavy atom. The van der Waals surface area contributed by atoms with E-state index in [-0.39, 0.29) is 5.75 Å². The number of nitrogen functional groups attached to an aromatic ring is 1. The molecule has 0 saturated carbocycles. The van der Waals surface area contributed by atoms with Crippen molar-refractivity contribution < 1.29 is 14.4 Å². The molecule has 0 aliphatic carbocycles. The summed E-state index contributed by atoms with van der Waals surface area (Å²) in [5.41, 5.74) is 6.71. The Morgan fingerprint density at radius 3 is 2.80 bits per heavy atom. The zero-order valence-electron chi connectivity index (χ0n) is 8.10. The zero-order chi connectivity index (χ0) is 10.8. The van der Waals surface area contributed by atoms with Crippen molar-refractivity contribution in [2.75, 3.05) is 12.8 Å². The Bertz CT molecular complexity index is 479. The second-order valence-corrected chi connectivity index (χ2v) is 3.00. The van der Waals surface area contributed by atoms with Crippen molar-refractivity contribution in [2.45, 2.75) is 0 Å². The average Bonchev–Trinajstić information content (AvgIpc) is 2.64. The van der Waals surface area contributed by atoms with E-state index >= 15 is 0 Å². The highest BCUT2D eigenvalue weighted by Gasteiger charge is 2.10. The van der Waals surface area contributed by atoms with Crippen LogP contribution in [0.1, 0.15) is 0 Å². The van der Waals surface area contributed by atoms with E-state index in [1.807, 2.05) is 0 Å². The van der Waals surface area contributed by atoms with Gasteiger partial charge in [0.25, 0.3) is 0 Å². The molecule has 5 heteroatoms. The molecule has 0 fully saturated rings. The van der Waals surface area contributed by atoms with Crippen molar-refractivity contribution in [3.63, 3.8) is 0 Å². The molecular formula is C10H10N2O3. The normalized spacial score (nSPS) is 10.2. The third-order valence-electron chi connectivity index (χ3n) is 2.04. The summed E-state index contributed by atoms with van der Waals surface area (Å²) in [6.07, 6.45) is 1.41. The van der Waals surface area contributed by atoms with Crippen LogP contribution < -0.4 is 10.5 Å². The van der Waals surface area contributed by atoms with Gasteiger partial charge in [-0.1, -0.05) is 5.16 Å². The molecule has 78 valence electrons. The van der Waals surface area contributed by atoms with Gasteiger partial charge in [0, 0.05) is 5.56 Å². The van der Waals surface area contributed by atoms with Gasteiger partial charge in [-0.2, -0.15) is 0 Å². The van der Waals surface area contributed by atoms with Crippen molar-refractivity contribution in [1.29, 1.82) is 0 Å². The van der Waals surface area contributed by atoms with Crippen LogP contribution in [0.4, 0.5) is 5.69 Å². The lowest BCUT2D eigenvalue weighted by Crippen LogP contribution is -1.86. The third kappa shape index (κ3) is 1.59. The van der Waals surface area contributed by atoms with Gasteiger partial charge >= 0.3 is 0 Å². The maximum Gasteiger partial charge on any atom is 0.189 e. The molecule has 5 nitrogen and oxygen atoms in total. The summed E-state index contributed by atoms with van der Waals surface area (Å²) < 4.78 is 9.87. The Kier molecular flexibility index (Phi) is 2.21. The third-order valence-corrected chi connectivity index (χ3v) is 2.04. The molecule has 1 heterocycles. The number of aromatic hydroxyl groups is 1. The lowest BCUT2D eigenvalue weighted by atomic mass is 10.1. The number of rotatable bonds is 2. The number of benzene rings is 1. The number of nitrogens with zero attached hydrogens (tertiary/aromatic N) is 1. The first-order valence-corrected chi connectivity index (χ1v) is 4.30. The van der Waals surface area contributed by atoms with Gasteiger partial charge in [0.1, 0.15) is 5.69 Å². The van der Waals surface area contributed by atoms with Gasteiger partial charge < -0.3 is 20.1 Å². The largest absolute Gasteiger partial charge is 0.504 e. The highest BCUT2D eigenvalue weighted by molar-refractivity contribution is 5.71. The summed E-state index contributed by atoms with van der Waals surface area (Å²) >= 11 is 0. The molecule has 0 aliphatic heterocycles. The monoisotopic (exact) mass is 206 g/mol. The number of phenols is 1. The van der Waals surface area contributed by atoms with Crippen LogP contribution in [0.25, 0.3) is 11.3 Å². The lowest BCUT2D eigenvalue weighted by Gasteiger charge is -2.04. The number of nitrogens with two attached hydrogens (primary N) is 1. The predicted octanol–water partition coefficient (Wildman–Crippen LogP) is 1.64. The van der Waals surface area contributed by atoms with E-state index in [1.54, 1.807) is 12.1 Å². The van der Waals surface area contributed by atoms with E-state index in [9.17, 15) is 5.11 Å². The first-order valence-electron chi connectivity index (χ1n) is 4.30. The molecule has 0 spiro atoms. The summed E-state index contributed by atoms with van der Waals surface area (Å²) in [5, 5.41) is 13.1. The maximum atomic E-state index is 9.55. The van der Waals surface area contributed by atoms with E-state index in [4.69, 9.17) is 15.0 Å². The van der Waals surface area contributed by atoms with Gasteiger partial charge in [0.15, 0.2) is 17.3 Å². The van der Waals surface area contributed by atoms with Crippen LogP contribution in [0.3, 0.4) is 0 Å². The van der Waals surface area contributed by atoms with Crippen molar-refractivity contribution >= 4 is 5.69 Å². The molecule has 0 bridgehead atoms. The SMILES string of the molecule is COc1ccc(-c2oncc2N)cc1O. The predicted molar refractivity (Wildman–Crippen MR) is 54.6 cm³/mol. The molecule has 0 aliphatic rings. The van der Waals surface area contributed by atoms with Gasteiger partial charge in [-0.3, -0.25) is 0 Å². The summed E-state index contributed by atoms with van der Waals surface area (Å²) in [6.45, 7) is 0. The van der Waals surface area contributed by atoms with Gasteiger partial charge in [0.2, 0.25) is 0 Å². The molecule has 2 aromatic rings. The number of ether oxygens (including phenoxy) is 1. The molecule has 0 amide bonds. The standard InChI is InChI=1S/C10H10N2O3/c1-14-9-3-2-6(4-8(9)13)10-7(11)5-12-15-10/h2-5,13H,11H2,1H3. The Labute approximate surface area is 86.1 Å². The Morgan fingerprint density at radius 1 is 1.47 bits per heavy atom. The van der Waals surface area contributed by atoms with E-state index in [1.165, 1.54) is 19.4 Å². The minimum atomic E-state index is 0.0331. The van der Waals surface area contributed by atoms with Gasteiger partial charge in [-0.05, 0) is 18.2 Å². The van der Waals surface area contributed by atoms with Crippen LogP contribution in [-0.4, -0.2) is 17.4 Å². The second kappa shape index (κ2) is 3.53. The van der Waals surface area contributed by atoms with Gasteiger partial charge in [-0.25, -0.2) is 0 Å². The number of methoxy groups -OCH3 is 1. The fraction of sp³-hybridized carbons (Fsp3) is 0.100. The fourth-order valence-electron chi connectivity index (χ4n) is 1.30. The van der Waals surface area contributed by atoms with Gasteiger partial charge in [-0.15, -0.1) is 0 Å². The van der Waals surface area contributed by atoms with Crippen molar-refractivity contribution in [2.24, 2.45) is 0 Å². The van der Waals surface area contributed by atoms with Gasteiger partial charge in [0.05, 0.1) is 13.3 Å². The Hall–Kier alpha value is -2.17. The maximum absolute atomic E-state index is 9.55. The summed E-state index contributed by atoms with van der Waals surface area (Å²) in [5.74, 6) is 0.871. The molecule has 3 N–H and O–H groups in total. The highest BCUT2D eigenvalue weighted by Crippen LogP contribution is 2.33. The summed E-state index contributed by atoms with van der Waals surface area (Å²) in [4.78, 5) is 0. The molecular weight excluding hydrogens is 196 g/mol. The smallest absolute Gasteiger partial charge is 0.189 e. The lowest BCUT2D eigenvalue weighted by molar-refractivity contribution is 0.373. The highest BCUT2D eigenvalue weighted by atomic mass is 16.5. The first kappa shape index (κ1) is 9.39. The van der Waals surface area contributed by atoms with Crippen LogP contribution in [0.15, 0.2) is 28.9 Å². The Balaban J connectivity index is 2.47. The quantitative estimate of drug-likeness (QED) is 0.780. The number of hydrogen-bond donors (Lipinski definition) is 2. The minimum absolute atomic E-state index is 0.0331. The van der Waals surface area contributed by atoms with Crippen molar-refractivity contribution in [1.82, 2.24) is 5.16 Å². The van der Waals surface area contributed by atoms with Crippen molar-refractivity contribution in [3.05, 3.63) is 24.4 Å². The summed E-state index contributed by atoms with van der Waals surface area (Å²) in [7, 11) is 1.48. The van der Waals surface area contributed by atoms with Crippen molar-refractivity contribution in [3.8, 4) is 22.8 Å². The van der Waals surface area contributed by atoms with Crippen LogP contribution in [0.2, 0.25) is 0 Å². The minimum Gasteiger partial charge on any atom is -0.504 e. The summed E-state index contributed by atoms with van der Waals surface area (Å²) in [6, 6.07) is 4.87. The molecule has 0 saturated heterocycles. The molecule has 2 rings (SSSR count). The van der Waals surface area contributed by atoms with E-state index in [2.05, 4.69) is 5.16 Å². The van der Waals surface area contributed by atoms with E-state index < -0.39 is 0 Å². The molecule has 0 unspecified atom stereocenters. The van der Waals surface area contributed by atoms with Crippen LogP contribution >= 0.6 is 0 Å². The zero-order valence-corrected chi connectivity index (χ0v) is 8.10. The average molecular weight is 206 g/mol.